The molecule has 2 unspecified atom stereocenters. The van der Waals surface area contributed by atoms with Crippen LogP contribution in [0.4, 0.5) is 0 Å². The molecule has 0 spiro atoms. The highest BCUT2D eigenvalue weighted by Gasteiger charge is 2.26. The molecule has 3 heteroatoms. The molecule has 0 bridgehead atoms. The quantitative estimate of drug-likeness (QED) is 0.895. The van der Waals surface area contributed by atoms with Crippen LogP contribution in [0.5, 0.6) is 0 Å². The Morgan fingerprint density at radius 1 is 1.44 bits per heavy atom. The van der Waals surface area contributed by atoms with E-state index < -0.39 is 0 Å². The van der Waals surface area contributed by atoms with E-state index in [1.807, 2.05) is 0 Å². The van der Waals surface area contributed by atoms with Crippen molar-refractivity contribution in [1.29, 1.82) is 0 Å². The zero-order valence-corrected chi connectivity index (χ0v) is 13.0. The third kappa shape index (κ3) is 2.95. The van der Waals surface area contributed by atoms with E-state index in [2.05, 4.69) is 53.3 Å². The van der Waals surface area contributed by atoms with Crippen molar-refractivity contribution in [2.24, 2.45) is 5.92 Å². The number of hydrogen-bond donors (Lipinski definition) is 1. The van der Waals surface area contributed by atoms with Gasteiger partial charge in [0.15, 0.2) is 0 Å². The van der Waals surface area contributed by atoms with E-state index in [1.165, 1.54) is 22.0 Å². The van der Waals surface area contributed by atoms with Gasteiger partial charge in [-0.25, -0.2) is 0 Å². The molecule has 1 aliphatic rings. The highest BCUT2D eigenvalue weighted by molar-refractivity contribution is 9.10. The van der Waals surface area contributed by atoms with Gasteiger partial charge in [-0.3, -0.25) is 0 Å². The lowest BCUT2D eigenvalue weighted by molar-refractivity contribution is 0.140. The van der Waals surface area contributed by atoms with E-state index in [-0.39, 0.29) is 0 Å². The number of hydrogen-bond acceptors (Lipinski definition) is 2. The largest absolute Gasteiger partial charge is 0.383 e. The Balaban J connectivity index is 2.11. The normalized spacial score (nSPS) is 20.2. The van der Waals surface area contributed by atoms with Crippen molar-refractivity contribution in [3.05, 3.63) is 33.8 Å². The Kier molecular flexibility index (Phi) is 4.82. The van der Waals surface area contributed by atoms with Crippen LogP contribution in [0, 0.1) is 5.92 Å². The molecule has 0 aromatic heterocycles. The van der Waals surface area contributed by atoms with Crippen LogP contribution < -0.4 is 5.32 Å². The molecule has 1 aliphatic carbocycles. The van der Waals surface area contributed by atoms with E-state index in [9.17, 15) is 0 Å². The molecule has 0 fully saturated rings. The van der Waals surface area contributed by atoms with Crippen molar-refractivity contribution in [2.75, 3.05) is 13.7 Å². The van der Waals surface area contributed by atoms with Gasteiger partial charge in [-0.15, -0.1) is 0 Å². The van der Waals surface area contributed by atoms with Gasteiger partial charge >= 0.3 is 0 Å². The summed E-state index contributed by atoms with van der Waals surface area (Å²) in [7, 11) is 1.77. The molecule has 0 radical (unpaired) electrons. The van der Waals surface area contributed by atoms with E-state index in [0.717, 1.165) is 13.0 Å². The first-order valence-corrected chi connectivity index (χ1v) is 7.45. The second kappa shape index (κ2) is 6.18. The molecule has 18 heavy (non-hydrogen) atoms. The van der Waals surface area contributed by atoms with Crippen molar-refractivity contribution in [2.45, 2.75) is 38.8 Å². The van der Waals surface area contributed by atoms with Crippen molar-refractivity contribution < 1.29 is 4.74 Å². The van der Waals surface area contributed by atoms with E-state index in [4.69, 9.17) is 4.74 Å². The minimum Gasteiger partial charge on any atom is -0.383 e. The number of methoxy groups -OCH3 is 1. The third-order valence-electron chi connectivity index (χ3n) is 3.78. The van der Waals surface area contributed by atoms with Gasteiger partial charge in [-0.05, 0) is 36.0 Å². The summed E-state index contributed by atoms with van der Waals surface area (Å²) in [4.78, 5) is 0. The van der Waals surface area contributed by atoms with Crippen LogP contribution in [-0.2, 0) is 11.2 Å². The van der Waals surface area contributed by atoms with Gasteiger partial charge in [0.25, 0.3) is 0 Å². The Bertz CT molecular complexity index is 405. The average molecular weight is 312 g/mol. The molecular weight excluding hydrogens is 290 g/mol. The van der Waals surface area contributed by atoms with Crippen LogP contribution >= 0.6 is 15.9 Å². The molecule has 0 saturated heterocycles. The summed E-state index contributed by atoms with van der Waals surface area (Å²) >= 11 is 3.65. The lowest BCUT2D eigenvalue weighted by Gasteiger charge is -2.26. The molecule has 0 saturated carbocycles. The van der Waals surface area contributed by atoms with Crippen molar-refractivity contribution >= 4 is 15.9 Å². The zero-order valence-electron chi connectivity index (χ0n) is 11.4. The van der Waals surface area contributed by atoms with Gasteiger partial charge < -0.3 is 10.1 Å². The third-order valence-corrected chi connectivity index (χ3v) is 4.52. The molecule has 0 heterocycles. The second-order valence-corrected chi connectivity index (χ2v) is 6.23. The average Bonchev–Trinajstić information content (AvgIpc) is 2.73. The van der Waals surface area contributed by atoms with Crippen LogP contribution in [0.1, 0.15) is 37.4 Å². The summed E-state index contributed by atoms with van der Waals surface area (Å²) in [5.41, 5.74) is 2.92. The lowest BCUT2D eigenvalue weighted by Crippen LogP contribution is -2.39. The number of rotatable bonds is 5. The minimum absolute atomic E-state index is 0.421. The van der Waals surface area contributed by atoms with Gasteiger partial charge in [0.1, 0.15) is 0 Å². The summed E-state index contributed by atoms with van der Waals surface area (Å²) in [6.07, 6.45) is 2.34. The minimum atomic E-state index is 0.421. The Labute approximate surface area is 118 Å². The topological polar surface area (TPSA) is 21.3 Å². The highest BCUT2D eigenvalue weighted by Crippen LogP contribution is 2.36. The summed E-state index contributed by atoms with van der Waals surface area (Å²) in [6.45, 7) is 5.26. The Hall–Kier alpha value is -0.380. The number of ether oxygens (including phenoxy) is 1. The van der Waals surface area contributed by atoms with Crippen molar-refractivity contribution in [3.63, 3.8) is 0 Å². The van der Waals surface area contributed by atoms with Crippen molar-refractivity contribution in [1.82, 2.24) is 5.32 Å². The zero-order chi connectivity index (χ0) is 13.1. The maximum absolute atomic E-state index is 5.32. The van der Waals surface area contributed by atoms with Crippen LogP contribution in [-0.4, -0.2) is 19.8 Å². The van der Waals surface area contributed by atoms with Gasteiger partial charge in [-0.1, -0.05) is 41.9 Å². The van der Waals surface area contributed by atoms with E-state index >= 15 is 0 Å². The van der Waals surface area contributed by atoms with Crippen LogP contribution in [0.3, 0.4) is 0 Å². The standard InChI is InChI=1S/C15H22BrNO/c1-10(2)15(9-18-3)17-14-8-7-11-12(14)5-4-6-13(11)16/h4-6,10,14-15,17H,7-9H2,1-3H3. The molecule has 0 amide bonds. The molecule has 1 aromatic rings. The van der Waals surface area contributed by atoms with Crippen molar-refractivity contribution in [3.8, 4) is 0 Å². The van der Waals surface area contributed by atoms with Gasteiger partial charge in [0.05, 0.1) is 6.61 Å². The molecule has 100 valence electrons. The maximum atomic E-state index is 5.32. The number of halogens is 1. The molecule has 1 aromatic carbocycles. The van der Waals surface area contributed by atoms with Crippen LogP contribution in [0.15, 0.2) is 22.7 Å². The van der Waals surface area contributed by atoms with Crippen LogP contribution in [0.2, 0.25) is 0 Å². The summed E-state index contributed by atoms with van der Waals surface area (Å²) in [5, 5.41) is 3.75. The predicted molar refractivity (Wildman–Crippen MR) is 78.8 cm³/mol. The fourth-order valence-electron chi connectivity index (χ4n) is 2.65. The summed E-state index contributed by atoms with van der Waals surface area (Å²) in [5.74, 6) is 0.584. The molecule has 2 nitrogen and oxygen atoms in total. The lowest BCUT2D eigenvalue weighted by atomic mass is 10.0. The van der Waals surface area contributed by atoms with Crippen LogP contribution in [0.25, 0.3) is 0 Å². The summed E-state index contributed by atoms with van der Waals surface area (Å²) < 4.78 is 6.56. The Morgan fingerprint density at radius 3 is 2.89 bits per heavy atom. The van der Waals surface area contributed by atoms with Gasteiger partial charge in [0.2, 0.25) is 0 Å². The molecule has 2 atom stereocenters. The maximum Gasteiger partial charge on any atom is 0.0618 e. The number of fused-ring (bicyclic) bond motifs is 1. The monoisotopic (exact) mass is 311 g/mol. The van der Waals surface area contributed by atoms with Gasteiger partial charge in [-0.2, -0.15) is 0 Å². The fraction of sp³-hybridized carbons (Fsp3) is 0.600. The Morgan fingerprint density at radius 2 is 2.22 bits per heavy atom. The van der Waals surface area contributed by atoms with E-state index in [1.54, 1.807) is 7.11 Å². The first kappa shape index (κ1) is 14.0. The molecular formula is C15H22BrNO. The second-order valence-electron chi connectivity index (χ2n) is 5.37. The molecule has 2 rings (SSSR count). The SMILES string of the molecule is COCC(NC1CCc2c(Br)cccc21)C(C)C. The predicted octanol–water partition coefficient (Wildman–Crippen LogP) is 3.70. The summed E-state index contributed by atoms with van der Waals surface area (Å²) in [6, 6.07) is 7.40. The van der Waals surface area contributed by atoms with E-state index in [0.29, 0.717) is 18.0 Å². The number of benzene rings is 1. The fourth-order valence-corrected chi connectivity index (χ4v) is 3.23. The first-order chi connectivity index (χ1) is 8.63. The molecule has 1 N–H and O–H groups in total. The van der Waals surface area contributed by atoms with Gasteiger partial charge in [0, 0.05) is 23.7 Å². The molecule has 0 aliphatic heterocycles. The number of nitrogens with one attached hydrogen (secondary N) is 1. The first-order valence-electron chi connectivity index (χ1n) is 6.65. The smallest absolute Gasteiger partial charge is 0.0618 e. The highest BCUT2D eigenvalue weighted by atomic mass is 79.9.